The molecule has 1 saturated carbocycles. The third kappa shape index (κ3) is 6.13. The summed E-state index contributed by atoms with van der Waals surface area (Å²) in [5.41, 5.74) is 0. The highest BCUT2D eigenvalue weighted by molar-refractivity contribution is 4.75. The van der Waals surface area contributed by atoms with Crippen LogP contribution in [0.25, 0.3) is 0 Å². The monoisotopic (exact) mass is 215 g/mol. The third-order valence-electron chi connectivity index (χ3n) is 2.82. The van der Waals surface area contributed by atoms with E-state index >= 15 is 0 Å². The van der Waals surface area contributed by atoms with Crippen molar-refractivity contribution in [3.05, 3.63) is 0 Å². The van der Waals surface area contributed by atoms with Crippen molar-refractivity contribution in [2.75, 3.05) is 26.3 Å². The van der Waals surface area contributed by atoms with Gasteiger partial charge in [-0.15, -0.1) is 0 Å². The maximum absolute atomic E-state index is 9.35. The molecule has 0 heterocycles. The highest BCUT2D eigenvalue weighted by atomic mass is 16.5. The maximum atomic E-state index is 9.35. The normalized spacial score (nSPS) is 26.4. The van der Waals surface area contributed by atoms with Gasteiger partial charge in [0.25, 0.3) is 0 Å². The second-order valence-corrected chi connectivity index (χ2v) is 5.01. The molecule has 0 saturated heterocycles. The van der Waals surface area contributed by atoms with Crippen LogP contribution in [-0.2, 0) is 4.74 Å². The van der Waals surface area contributed by atoms with E-state index in [9.17, 15) is 5.11 Å². The summed E-state index contributed by atoms with van der Waals surface area (Å²) in [6, 6.07) is 0. The smallest absolute Gasteiger partial charge is 0.0591 e. The fourth-order valence-electron chi connectivity index (χ4n) is 2.00. The molecule has 0 aromatic rings. The van der Waals surface area contributed by atoms with Gasteiger partial charge in [0.1, 0.15) is 0 Å². The molecule has 3 heteroatoms. The molecule has 3 nitrogen and oxygen atoms in total. The lowest BCUT2D eigenvalue weighted by atomic mass is 10.1. The quantitative estimate of drug-likeness (QED) is 0.631. The largest absolute Gasteiger partial charge is 0.393 e. The molecule has 1 rings (SSSR count). The van der Waals surface area contributed by atoms with E-state index in [2.05, 4.69) is 19.2 Å². The molecular formula is C12H25NO2. The fourth-order valence-corrected chi connectivity index (χ4v) is 2.00. The Morgan fingerprint density at radius 3 is 2.80 bits per heavy atom. The van der Waals surface area contributed by atoms with E-state index in [1.54, 1.807) is 0 Å². The van der Waals surface area contributed by atoms with Crippen LogP contribution in [0.4, 0.5) is 0 Å². The maximum Gasteiger partial charge on any atom is 0.0591 e. The van der Waals surface area contributed by atoms with Crippen LogP contribution in [0.3, 0.4) is 0 Å². The van der Waals surface area contributed by atoms with Gasteiger partial charge in [-0.2, -0.15) is 0 Å². The molecular weight excluding hydrogens is 190 g/mol. The summed E-state index contributed by atoms with van der Waals surface area (Å²) >= 11 is 0. The molecule has 0 amide bonds. The molecule has 0 aliphatic heterocycles. The molecule has 2 unspecified atom stereocenters. The Morgan fingerprint density at radius 2 is 2.20 bits per heavy atom. The average Bonchev–Trinajstić information content (AvgIpc) is 2.57. The summed E-state index contributed by atoms with van der Waals surface area (Å²) in [5, 5.41) is 12.7. The lowest BCUT2D eigenvalue weighted by molar-refractivity contribution is 0.111. The Balaban J connectivity index is 1.85. The second kappa shape index (κ2) is 7.20. The van der Waals surface area contributed by atoms with Crippen molar-refractivity contribution in [1.29, 1.82) is 0 Å². The van der Waals surface area contributed by atoms with E-state index in [0.717, 1.165) is 39.1 Å². The topological polar surface area (TPSA) is 41.5 Å². The zero-order chi connectivity index (χ0) is 11.1. The van der Waals surface area contributed by atoms with Crippen LogP contribution in [0.2, 0.25) is 0 Å². The van der Waals surface area contributed by atoms with E-state index in [-0.39, 0.29) is 6.10 Å². The molecule has 0 radical (unpaired) electrons. The molecule has 1 fully saturated rings. The Kier molecular flexibility index (Phi) is 6.22. The summed E-state index contributed by atoms with van der Waals surface area (Å²) in [5.74, 6) is 1.29. The van der Waals surface area contributed by atoms with Crippen LogP contribution in [0.1, 0.15) is 33.1 Å². The summed E-state index contributed by atoms with van der Waals surface area (Å²) < 4.78 is 5.47. The van der Waals surface area contributed by atoms with Crippen molar-refractivity contribution in [3.63, 3.8) is 0 Å². The van der Waals surface area contributed by atoms with Gasteiger partial charge in [-0.1, -0.05) is 13.8 Å². The van der Waals surface area contributed by atoms with Crippen LogP contribution in [-0.4, -0.2) is 37.5 Å². The summed E-state index contributed by atoms with van der Waals surface area (Å²) in [4.78, 5) is 0. The number of hydrogen-bond acceptors (Lipinski definition) is 3. The van der Waals surface area contributed by atoms with E-state index in [1.807, 2.05) is 0 Å². The van der Waals surface area contributed by atoms with Crippen molar-refractivity contribution in [2.24, 2.45) is 11.8 Å². The lowest BCUT2D eigenvalue weighted by Crippen LogP contribution is -2.26. The highest BCUT2D eigenvalue weighted by Gasteiger charge is 2.21. The van der Waals surface area contributed by atoms with E-state index in [0.29, 0.717) is 11.8 Å². The van der Waals surface area contributed by atoms with Gasteiger partial charge in [-0.3, -0.25) is 0 Å². The van der Waals surface area contributed by atoms with Crippen LogP contribution < -0.4 is 5.32 Å². The number of aliphatic hydroxyl groups is 1. The summed E-state index contributed by atoms with van der Waals surface area (Å²) in [7, 11) is 0. The van der Waals surface area contributed by atoms with Crippen LogP contribution >= 0.6 is 0 Å². The van der Waals surface area contributed by atoms with Crippen molar-refractivity contribution in [3.8, 4) is 0 Å². The van der Waals surface area contributed by atoms with Crippen molar-refractivity contribution < 1.29 is 9.84 Å². The number of hydrogen-bond donors (Lipinski definition) is 2. The predicted octanol–water partition coefficient (Wildman–Crippen LogP) is 1.41. The molecule has 2 atom stereocenters. The zero-order valence-electron chi connectivity index (χ0n) is 10.0. The minimum absolute atomic E-state index is 0.0472. The van der Waals surface area contributed by atoms with Gasteiger partial charge < -0.3 is 15.2 Å². The van der Waals surface area contributed by atoms with Crippen LogP contribution in [0.5, 0.6) is 0 Å². The lowest BCUT2D eigenvalue weighted by Gasteiger charge is -2.11. The first-order valence-corrected chi connectivity index (χ1v) is 6.15. The molecule has 0 aromatic heterocycles. The average molecular weight is 215 g/mol. The molecule has 0 bridgehead atoms. The number of rotatable bonds is 7. The molecule has 0 spiro atoms. The van der Waals surface area contributed by atoms with Crippen LogP contribution in [0.15, 0.2) is 0 Å². The molecule has 1 aliphatic carbocycles. The van der Waals surface area contributed by atoms with Gasteiger partial charge in [0.05, 0.1) is 12.7 Å². The SMILES string of the molecule is CC(C)COCCNCC1CCC(O)C1. The standard InChI is InChI=1S/C12H25NO2/c1-10(2)9-15-6-5-13-8-11-3-4-12(14)7-11/h10-14H,3-9H2,1-2H3. The van der Waals surface area contributed by atoms with Crippen molar-refractivity contribution in [2.45, 2.75) is 39.2 Å². The van der Waals surface area contributed by atoms with Crippen molar-refractivity contribution in [1.82, 2.24) is 5.32 Å². The van der Waals surface area contributed by atoms with Crippen molar-refractivity contribution >= 4 is 0 Å². The third-order valence-corrected chi connectivity index (χ3v) is 2.82. The predicted molar refractivity (Wildman–Crippen MR) is 61.9 cm³/mol. The number of nitrogens with one attached hydrogen (secondary N) is 1. The zero-order valence-corrected chi connectivity index (χ0v) is 10.0. The van der Waals surface area contributed by atoms with Crippen LogP contribution in [0, 0.1) is 11.8 Å². The van der Waals surface area contributed by atoms with E-state index < -0.39 is 0 Å². The first kappa shape index (κ1) is 12.9. The van der Waals surface area contributed by atoms with Gasteiger partial charge in [0, 0.05) is 13.2 Å². The van der Waals surface area contributed by atoms with Gasteiger partial charge in [0.2, 0.25) is 0 Å². The molecule has 15 heavy (non-hydrogen) atoms. The summed E-state index contributed by atoms with van der Waals surface area (Å²) in [6.07, 6.45) is 3.07. The molecule has 90 valence electrons. The summed E-state index contributed by atoms with van der Waals surface area (Å²) in [6.45, 7) is 7.93. The molecule has 1 aliphatic rings. The molecule has 0 aromatic carbocycles. The van der Waals surface area contributed by atoms with Gasteiger partial charge in [-0.05, 0) is 37.6 Å². The Hall–Kier alpha value is -0.120. The fraction of sp³-hybridized carbons (Fsp3) is 1.00. The minimum Gasteiger partial charge on any atom is -0.393 e. The van der Waals surface area contributed by atoms with Gasteiger partial charge in [0.15, 0.2) is 0 Å². The molecule has 2 N–H and O–H groups in total. The number of aliphatic hydroxyl groups excluding tert-OH is 1. The Morgan fingerprint density at radius 1 is 1.40 bits per heavy atom. The van der Waals surface area contributed by atoms with E-state index in [4.69, 9.17) is 4.74 Å². The second-order valence-electron chi connectivity index (χ2n) is 5.01. The first-order valence-electron chi connectivity index (χ1n) is 6.15. The first-order chi connectivity index (χ1) is 7.18. The van der Waals surface area contributed by atoms with Gasteiger partial charge >= 0.3 is 0 Å². The van der Waals surface area contributed by atoms with E-state index in [1.165, 1.54) is 6.42 Å². The Bertz CT molecular complexity index is 162. The minimum atomic E-state index is -0.0472. The highest BCUT2D eigenvalue weighted by Crippen LogP contribution is 2.24. The van der Waals surface area contributed by atoms with Gasteiger partial charge in [-0.25, -0.2) is 0 Å². The number of ether oxygens (including phenoxy) is 1. The Labute approximate surface area is 93.2 Å².